The second-order valence-electron chi connectivity index (χ2n) is 8.13. The second-order valence-corrected chi connectivity index (χ2v) is 8.13. The van der Waals surface area contributed by atoms with Crippen molar-refractivity contribution < 1.29 is 19.7 Å². The van der Waals surface area contributed by atoms with Gasteiger partial charge >= 0.3 is 5.97 Å². The molecule has 24 heavy (non-hydrogen) atoms. The van der Waals surface area contributed by atoms with Crippen molar-refractivity contribution in [3.8, 4) is 0 Å². The van der Waals surface area contributed by atoms with Crippen molar-refractivity contribution in [2.24, 2.45) is 22.7 Å². The van der Waals surface area contributed by atoms with E-state index in [2.05, 4.69) is 13.5 Å². The van der Waals surface area contributed by atoms with Crippen LogP contribution in [0.3, 0.4) is 0 Å². The van der Waals surface area contributed by atoms with E-state index in [1.807, 2.05) is 13.0 Å². The van der Waals surface area contributed by atoms with Crippen molar-refractivity contribution in [2.75, 3.05) is 6.61 Å². The molecule has 0 amide bonds. The lowest BCUT2D eigenvalue weighted by atomic mass is 9.46. The summed E-state index contributed by atoms with van der Waals surface area (Å²) >= 11 is 0. The molecule has 2 N–H and O–H groups in total. The smallest absolute Gasteiger partial charge is 0.342 e. The van der Waals surface area contributed by atoms with Gasteiger partial charge in [0, 0.05) is 5.41 Å². The van der Waals surface area contributed by atoms with Crippen LogP contribution in [0.5, 0.6) is 0 Å². The molecule has 3 rings (SSSR count). The Kier molecular flexibility index (Phi) is 4.47. The number of esters is 1. The first-order valence-corrected chi connectivity index (χ1v) is 8.87. The number of aliphatic hydroxyl groups is 2. The third-order valence-electron chi connectivity index (χ3n) is 6.93. The van der Waals surface area contributed by atoms with Gasteiger partial charge in [-0.25, -0.2) is 4.79 Å². The fraction of sp³-hybridized carbons (Fsp3) is 0.650. The summed E-state index contributed by atoms with van der Waals surface area (Å²) in [5.74, 6) is 0.208. The van der Waals surface area contributed by atoms with Crippen LogP contribution in [0.4, 0.5) is 0 Å². The van der Waals surface area contributed by atoms with Gasteiger partial charge in [-0.3, -0.25) is 0 Å². The maximum absolute atomic E-state index is 11.6. The van der Waals surface area contributed by atoms with Crippen molar-refractivity contribution in [2.45, 2.75) is 52.1 Å². The molecule has 132 valence electrons. The highest BCUT2D eigenvalue weighted by Gasteiger charge is 2.57. The molecule has 0 aromatic heterocycles. The average molecular weight is 332 g/mol. The SMILES string of the molecule is C=C1CCC2C(C)(CO)C(O)CCC2(C)C1C/C=C1\C=COC1=O. The summed E-state index contributed by atoms with van der Waals surface area (Å²) in [6.07, 6.45) is 8.86. The highest BCUT2D eigenvalue weighted by molar-refractivity contribution is 5.94. The van der Waals surface area contributed by atoms with Gasteiger partial charge in [-0.05, 0) is 55.4 Å². The Bertz CT molecular complexity index is 605. The molecule has 0 radical (unpaired) electrons. The first-order valence-electron chi connectivity index (χ1n) is 8.87. The van der Waals surface area contributed by atoms with E-state index < -0.39 is 11.5 Å². The zero-order valence-corrected chi connectivity index (χ0v) is 14.6. The number of carbonyl (C=O) groups is 1. The van der Waals surface area contributed by atoms with E-state index in [4.69, 9.17) is 4.74 Å². The van der Waals surface area contributed by atoms with Gasteiger partial charge in [-0.2, -0.15) is 0 Å². The fourth-order valence-corrected chi connectivity index (χ4v) is 5.34. The van der Waals surface area contributed by atoms with E-state index in [1.54, 1.807) is 6.08 Å². The van der Waals surface area contributed by atoms with Crippen LogP contribution in [0.15, 0.2) is 36.1 Å². The largest absolute Gasteiger partial charge is 0.431 e. The van der Waals surface area contributed by atoms with Crippen molar-refractivity contribution >= 4 is 5.97 Å². The quantitative estimate of drug-likeness (QED) is 0.473. The molecular weight excluding hydrogens is 304 g/mol. The maximum atomic E-state index is 11.6. The van der Waals surface area contributed by atoms with Crippen molar-refractivity contribution in [1.29, 1.82) is 0 Å². The Morgan fingerprint density at radius 3 is 2.79 bits per heavy atom. The van der Waals surface area contributed by atoms with Gasteiger partial charge < -0.3 is 14.9 Å². The Labute approximate surface area is 143 Å². The molecule has 0 spiro atoms. The van der Waals surface area contributed by atoms with Crippen LogP contribution in [0.25, 0.3) is 0 Å². The summed E-state index contributed by atoms with van der Waals surface area (Å²) < 4.78 is 4.85. The molecule has 0 saturated heterocycles. The zero-order chi connectivity index (χ0) is 17.5. The highest BCUT2D eigenvalue weighted by atomic mass is 16.5. The van der Waals surface area contributed by atoms with Crippen molar-refractivity contribution in [3.63, 3.8) is 0 Å². The van der Waals surface area contributed by atoms with Crippen molar-refractivity contribution in [3.05, 3.63) is 36.1 Å². The number of cyclic esters (lactones) is 1. The van der Waals surface area contributed by atoms with Crippen LogP contribution in [0.2, 0.25) is 0 Å². The molecule has 3 aliphatic rings. The van der Waals surface area contributed by atoms with Gasteiger partial charge in [0.2, 0.25) is 0 Å². The number of carbonyl (C=O) groups excluding carboxylic acids is 1. The van der Waals surface area contributed by atoms with Crippen LogP contribution in [-0.4, -0.2) is 28.9 Å². The first-order chi connectivity index (χ1) is 11.3. The third kappa shape index (κ3) is 2.56. The molecule has 2 fully saturated rings. The van der Waals surface area contributed by atoms with Crippen LogP contribution < -0.4 is 0 Å². The standard InChI is InChI=1S/C20H28O4/c1-13-4-7-16-19(2,10-8-17(22)20(16,3)12-21)15(13)6-5-14-9-11-24-18(14)23/h5,9,11,15-17,21-22H,1,4,6-8,10,12H2,2-3H3/b14-5+. The summed E-state index contributed by atoms with van der Waals surface area (Å²) in [4.78, 5) is 11.6. The van der Waals surface area contributed by atoms with Gasteiger partial charge in [-0.1, -0.05) is 32.1 Å². The van der Waals surface area contributed by atoms with Crippen LogP contribution >= 0.6 is 0 Å². The van der Waals surface area contributed by atoms with E-state index >= 15 is 0 Å². The highest BCUT2D eigenvalue weighted by Crippen LogP contribution is 2.61. The van der Waals surface area contributed by atoms with E-state index in [9.17, 15) is 15.0 Å². The number of rotatable bonds is 3. The molecule has 2 aliphatic carbocycles. The van der Waals surface area contributed by atoms with E-state index in [0.29, 0.717) is 12.0 Å². The Hall–Kier alpha value is -1.39. The van der Waals surface area contributed by atoms with Crippen molar-refractivity contribution in [1.82, 2.24) is 0 Å². The van der Waals surface area contributed by atoms with Crippen LogP contribution in [0.1, 0.15) is 46.0 Å². The van der Waals surface area contributed by atoms with Gasteiger partial charge in [0.25, 0.3) is 0 Å². The monoisotopic (exact) mass is 332 g/mol. The number of fused-ring (bicyclic) bond motifs is 1. The summed E-state index contributed by atoms with van der Waals surface area (Å²) in [7, 11) is 0. The van der Waals surface area contributed by atoms with Gasteiger partial charge in [0.05, 0.1) is 24.5 Å². The average Bonchev–Trinajstić information content (AvgIpc) is 2.96. The van der Waals surface area contributed by atoms with Gasteiger partial charge in [0.15, 0.2) is 0 Å². The summed E-state index contributed by atoms with van der Waals surface area (Å²) in [6.45, 7) is 8.59. The molecule has 5 unspecified atom stereocenters. The minimum absolute atomic E-state index is 0.00374. The summed E-state index contributed by atoms with van der Waals surface area (Å²) in [5.41, 5.74) is 1.34. The van der Waals surface area contributed by atoms with E-state index in [1.165, 1.54) is 11.8 Å². The topological polar surface area (TPSA) is 66.8 Å². The number of ether oxygens (including phenoxy) is 1. The number of hydrogen-bond acceptors (Lipinski definition) is 4. The summed E-state index contributed by atoms with van der Waals surface area (Å²) in [5, 5.41) is 20.5. The molecule has 0 aromatic carbocycles. The van der Waals surface area contributed by atoms with E-state index in [-0.39, 0.29) is 29.8 Å². The molecule has 4 nitrogen and oxygen atoms in total. The molecule has 5 atom stereocenters. The third-order valence-corrected chi connectivity index (χ3v) is 6.93. The predicted molar refractivity (Wildman–Crippen MR) is 91.8 cm³/mol. The minimum Gasteiger partial charge on any atom is -0.431 e. The fourth-order valence-electron chi connectivity index (χ4n) is 5.34. The number of aliphatic hydroxyl groups excluding tert-OH is 2. The maximum Gasteiger partial charge on any atom is 0.342 e. The van der Waals surface area contributed by atoms with Crippen LogP contribution in [-0.2, 0) is 9.53 Å². The predicted octanol–water partition coefficient (Wildman–Crippen LogP) is 3.12. The molecular formula is C20H28O4. The lowest BCUT2D eigenvalue weighted by Gasteiger charge is -2.59. The molecule has 4 heteroatoms. The molecule has 1 aliphatic heterocycles. The molecule has 1 heterocycles. The second kappa shape index (κ2) is 6.16. The van der Waals surface area contributed by atoms with E-state index in [0.717, 1.165) is 25.7 Å². The molecule has 2 saturated carbocycles. The lowest BCUT2D eigenvalue weighted by molar-refractivity contribution is -0.151. The summed E-state index contributed by atoms with van der Waals surface area (Å²) in [6, 6.07) is 0. The lowest BCUT2D eigenvalue weighted by Crippen LogP contribution is -2.57. The Morgan fingerprint density at radius 2 is 2.17 bits per heavy atom. The zero-order valence-electron chi connectivity index (χ0n) is 14.6. The Morgan fingerprint density at radius 1 is 1.42 bits per heavy atom. The minimum atomic E-state index is -0.467. The number of hydrogen-bond donors (Lipinski definition) is 2. The van der Waals surface area contributed by atoms with Gasteiger partial charge in [0.1, 0.15) is 0 Å². The van der Waals surface area contributed by atoms with Gasteiger partial charge in [-0.15, -0.1) is 0 Å². The normalized spacial score (nSPS) is 43.8. The van der Waals surface area contributed by atoms with Crippen LogP contribution in [0, 0.1) is 22.7 Å². The first kappa shape index (κ1) is 17.4. The Balaban J connectivity index is 1.89. The number of allylic oxidation sites excluding steroid dienone is 2. The molecule has 0 bridgehead atoms. The molecule has 0 aromatic rings.